The van der Waals surface area contributed by atoms with Gasteiger partial charge in [-0.25, -0.2) is 4.98 Å². The van der Waals surface area contributed by atoms with Gasteiger partial charge in [-0.05, 0) is 12.1 Å². The average molecular weight is 538 g/mol. The van der Waals surface area contributed by atoms with Crippen molar-refractivity contribution >= 4 is 40.4 Å². The molecule has 0 amide bonds. The highest BCUT2D eigenvalue weighted by Crippen LogP contribution is 2.37. The number of methoxy groups -OCH3 is 1. The van der Waals surface area contributed by atoms with Crippen molar-refractivity contribution in [3.05, 3.63) is 51.2 Å². The molecule has 0 bridgehead atoms. The second-order valence-electron chi connectivity index (χ2n) is 7.04. The van der Waals surface area contributed by atoms with Crippen LogP contribution in [0, 0.1) is 0 Å². The Bertz CT molecular complexity index is 1340. The van der Waals surface area contributed by atoms with Gasteiger partial charge < -0.3 is 23.5 Å². The number of ether oxygens (including phenoxy) is 2. The van der Waals surface area contributed by atoms with Gasteiger partial charge in [0, 0.05) is 31.1 Å². The molecule has 4 rings (SSSR count). The summed E-state index contributed by atoms with van der Waals surface area (Å²) in [5, 5.41) is 13.7. The lowest BCUT2D eigenvalue weighted by atomic mass is 10.2. The molecule has 8 nitrogen and oxygen atoms in total. The standard InChI is InChI=1S/C20H14Cl3F3N4O4/c1-32-7-10(31)8-33-16-4-12(21)11(3-13(16)22)17-28-19(34-29-17)15-6-30-5-9(20(24,25)26)2-14(23)18(30)27-15/h2-6,10,31H,7-8H2,1H3. The SMILES string of the molecule is COCC(O)COc1cc(Cl)c(-c2noc(-c3cn4cc(C(F)(F)F)cc(Cl)c4n3)n2)cc1Cl. The highest BCUT2D eigenvalue weighted by Gasteiger charge is 2.32. The molecule has 0 saturated carbocycles. The van der Waals surface area contributed by atoms with Crippen molar-refractivity contribution in [2.24, 2.45) is 0 Å². The van der Waals surface area contributed by atoms with E-state index in [-0.39, 0.29) is 57.1 Å². The first-order chi connectivity index (χ1) is 16.1. The van der Waals surface area contributed by atoms with Gasteiger partial charge in [0.2, 0.25) is 5.82 Å². The summed E-state index contributed by atoms with van der Waals surface area (Å²) in [6, 6.07) is 3.66. The molecule has 3 heterocycles. The fourth-order valence-electron chi connectivity index (χ4n) is 2.99. The highest BCUT2D eigenvalue weighted by molar-refractivity contribution is 6.36. The van der Waals surface area contributed by atoms with Crippen LogP contribution < -0.4 is 4.74 Å². The monoisotopic (exact) mass is 536 g/mol. The Kier molecular flexibility index (Phi) is 6.92. The molecule has 0 aliphatic carbocycles. The van der Waals surface area contributed by atoms with Crippen molar-refractivity contribution in [1.29, 1.82) is 0 Å². The van der Waals surface area contributed by atoms with Gasteiger partial charge in [0.25, 0.3) is 5.89 Å². The summed E-state index contributed by atoms with van der Waals surface area (Å²) in [4.78, 5) is 8.39. The number of rotatable bonds is 7. The van der Waals surface area contributed by atoms with Crippen molar-refractivity contribution in [2.45, 2.75) is 12.3 Å². The number of fused-ring (bicyclic) bond motifs is 1. The number of aromatic nitrogens is 4. The van der Waals surface area contributed by atoms with Gasteiger partial charge >= 0.3 is 6.18 Å². The van der Waals surface area contributed by atoms with Crippen molar-refractivity contribution in [2.75, 3.05) is 20.3 Å². The van der Waals surface area contributed by atoms with Crippen molar-refractivity contribution in [3.63, 3.8) is 0 Å². The van der Waals surface area contributed by atoms with E-state index in [1.807, 2.05) is 0 Å². The lowest BCUT2D eigenvalue weighted by Crippen LogP contribution is -2.22. The topological polar surface area (TPSA) is 94.9 Å². The number of aliphatic hydroxyl groups is 1. The maximum atomic E-state index is 13.1. The fraction of sp³-hybridized carbons (Fsp3) is 0.250. The van der Waals surface area contributed by atoms with E-state index in [1.54, 1.807) is 0 Å². The minimum absolute atomic E-state index is 0.0620. The number of halogens is 6. The van der Waals surface area contributed by atoms with E-state index in [0.29, 0.717) is 5.56 Å². The van der Waals surface area contributed by atoms with E-state index in [4.69, 9.17) is 48.8 Å². The molecule has 0 fully saturated rings. The summed E-state index contributed by atoms with van der Waals surface area (Å²) in [6.07, 6.45) is -3.29. The molecular formula is C20H14Cl3F3N4O4. The molecule has 0 spiro atoms. The number of benzene rings is 1. The van der Waals surface area contributed by atoms with Gasteiger partial charge in [-0.2, -0.15) is 18.2 Å². The molecule has 1 N–H and O–H groups in total. The summed E-state index contributed by atoms with van der Waals surface area (Å²) in [7, 11) is 1.45. The number of hydrogen-bond acceptors (Lipinski definition) is 7. The van der Waals surface area contributed by atoms with Crippen LogP contribution in [0.2, 0.25) is 15.1 Å². The summed E-state index contributed by atoms with van der Waals surface area (Å²) in [6.45, 7) is 0.0168. The highest BCUT2D eigenvalue weighted by atomic mass is 35.5. The molecule has 1 unspecified atom stereocenters. The summed E-state index contributed by atoms with van der Waals surface area (Å²) >= 11 is 18.5. The summed E-state index contributed by atoms with van der Waals surface area (Å²) in [5.41, 5.74) is -0.428. The first-order valence-corrected chi connectivity index (χ1v) is 10.6. The van der Waals surface area contributed by atoms with Crippen molar-refractivity contribution in [1.82, 2.24) is 19.5 Å². The van der Waals surface area contributed by atoms with Crippen LogP contribution in [0.1, 0.15) is 5.56 Å². The third-order valence-corrected chi connectivity index (χ3v) is 5.42. The largest absolute Gasteiger partial charge is 0.489 e. The van der Waals surface area contributed by atoms with E-state index < -0.39 is 17.8 Å². The van der Waals surface area contributed by atoms with Gasteiger partial charge in [0.1, 0.15) is 24.2 Å². The smallest absolute Gasteiger partial charge is 0.417 e. The Hall–Kier alpha value is -2.57. The predicted molar refractivity (Wildman–Crippen MR) is 117 cm³/mol. The van der Waals surface area contributed by atoms with Crippen LogP contribution in [-0.2, 0) is 10.9 Å². The molecule has 180 valence electrons. The van der Waals surface area contributed by atoms with E-state index >= 15 is 0 Å². The zero-order valence-electron chi connectivity index (χ0n) is 17.1. The van der Waals surface area contributed by atoms with E-state index in [0.717, 1.165) is 16.7 Å². The normalized spacial score (nSPS) is 12.9. The Labute approximate surface area is 204 Å². The molecule has 4 aromatic rings. The van der Waals surface area contributed by atoms with Gasteiger partial charge in [-0.3, -0.25) is 0 Å². The van der Waals surface area contributed by atoms with E-state index in [2.05, 4.69) is 15.1 Å². The fourth-order valence-corrected chi connectivity index (χ4v) is 3.70. The number of hydrogen-bond donors (Lipinski definition) is 1. The number of alkyl halides is 3. The van der Waals surface area contributed by atoms with Crippen molar-refractivity contribution in [3.8, 4) is 28.7 Å². The summed E-state index contributed by atoms with van der Waals surface area (Å²) < 4.78 is 55.8. The molecule has 0 saturated heterocycles. The first kappa shape index (κ1) is 24.6. The molecule has 14 heteroatoms. The van der Waals surface area contributed by atoms with E-state index in [9.17, 15) is 18.3 Å². The second-order valence-corrected chi connectivity index (χ2v) is 8.26. The quantitative estimate of drug-likeness (QED) is 0.336. The minimum atomic E-state index is -4.58. The van der Waals surface area contributed by atoms with Gasteiger partial charge in [0.05, 0.1) is 27.2 Å². The van der Waals surface area contributed by atoms with Gasteiger partial charge in [-0.15, -0.1) is 0 Å². The predicted octanol–water partition coefficient (Wildman–Crippen LogP) is 5.42. The Morgan fingerprint density at radius 2 is 1.82 bits per heavy atom. The van der Waals surface area contributed by atoms with Crippen molar-refractivity contribution < 1.29 is 32.3 Å². The Morgan fingerprint density at radius 3 is 2.53 bits per heavy atom. The third-order valence-electron chi connectivity index (χ3n) is 4.53. The zero-order valence-corrected chi connectivity index (χ0v) is 19.4. The van der Waals surface area contributed by atoms with Crippen LogP contribution in [0.15, 0.2) is 35.1 Å². The van der Waals surface area contributed by atoms with Gasteiger partial charge in [-0.1, -0.05) is 40.0 Å². The van der Waals surface area contributed by atoms with Crippen LogP contribution in [0.25, 0.3) is 28.6 Å². The molecule has 1 atom stereocenters. The Balaban J connectivity index is 1.62. The van der Waals surface area contributed by atoms with Crippen LogP contribution in [0.4, 0.5) is 13.2 Å². The van der Waals surface area contributed by atoms with Crippen LogP contribution in [0.5, 0.6) is 5.75 Å². The molecule has 0 aliphatic heterocycles. The van der Waals surface area contributed by atoms with Crippen LogP contribution >= 0.6 is 34.8 Å². The molecule has 0 radical (unpaired) electrons. The Morgan fingerprint density at radius 1 is 1.06 bits per heavy atom. The van der Waals surface area contributed by atoms with Crippen LogP contribution in [0.3, 0.4) is 0 Å². The summed E-state index contributed by atoms with van der Waals surface area (Å²) in [5.74, 6) is 0.218. The lowest BCUT2D eigenvalue weighted by molar-refractivity contribution is -0.137. The second kappa shape index (κ2) is 9.59. The average Bonchev–Trinajstić information content (AvgIpc) is 3.41. The van der Waals surface area contributed by atoms with Crippen LogP contribution in [-0.4, -0.2) is 51.1 Å². The number of aliphatic hydroxyl groups excluding tert-OH is 1. The number of nitrogens with zero attached hydrogens (tertiary/aromatic N) is 4. The minimum Gasteiger partial charge on any atom is -0.489 e. The lowest BCUT2D eigenvalue weighted by Gasteiger charge is -2.13. The molecule has 3 aromatic heterocycles. The van der Waals surface area contributed by atoms with Gasteiger partial charge in [0.15, 0.2) is 5.65 Å². The number of pyridine rings is 1. The number of imidazole rings is 1. The zero-order chi connectivity index (χ0) is 24.6. The molecule has 1 aromatic carbocycles. The molecule has 0 aliphatic rings. The maximum Gasteiger partial charge on any atom is 0.417 e. The first-order valence-electron chi connectivity index (χ1n) is 9.45. The maximum absolute atomic E-state index is 13.1. The van der Waals surface area contributed by atoms with E-state index in [1.165, 1.54) is 25.4 Å². The molecular weight excluding hydrogens is 524 g/mol. The molecule has 34 heavy (non-hydrogen) atoms. The third kappa shape index (κ3) is 5.08.